The number of hydrogen-bond donors (Lipinski definition) is 1. The van der Waals surface area contributed by atoms with Gasteiger partial charge in [-0.15, -0.1) is 0 Å². The number of hydrogen-bond acceptors (Lipinski definition) is 2. The molecule has 0 amide bonds. The summed E-state index contributed by atoms with van der Waals surface area (Å²) in [5.74, 6) is 0.844. The Labute approximate surface area is 103 Å². The van der Waals surface area contributed by atoms with E-state index in [-0.39, 0.29) is 0 Å². The van der Waals surface area contributed by atoms with Gasteiger partial charge in [-0.3, -0.25) is 0 Å². The summed E-state index contributed by atoms with van der Waals surface area (Å²) in [5.41, 5.74) is 0. The molecule has 0 heterocycles. The Balaban J connectivity index is 1.76. The lowest BCUT2D eigenvalue weighted by Gasteiger charge is -2.08. The van der Waals surface area contributed by atoms with Crippen LogP contribution in [0.4, 0.5) is 0 Å². The van der Waals surface area contributed by atoms with Crippen molar-refractivity contribution in [2.24, 2.45) is 0 Å². The molecule has 1 N–H and O–H groups in total. The first-order chi connectivity index (χ1) is 7.25. The number of benzene rings is 1. The summed E-state index contributed by atoms with van der Waals surface area (Å²) < 4.78 is 6.51. The van der Waals surface area contributed by atoms with Gasteiger partial charge in [0.25, 0.3) is 0 Å². The van der Waals surface area contributed by atoms with Crippen LogP contribution in [0.3, 0.4) is 0 Å². The minimum Gasteiger partial charge on any atom is -0.491 e. The van der Waals surface area contributed by atoms with Crippen LogP contribution in [0.15, 0.2) is 22.7 Å². The molecule has 1 aliphatic rings. The van der Waals surface area contributed by atoms with Gasteiger partial charge in [0.05, 0.1) is 4.47 Å². The highest BCUT2D eigenvalue weighted by Gasteiger charge is 2.19. The van der Waals surface area contributed by atoms with Crippen molar-refractivity contribution in [2.45, 2.75) is 18.9 Å². The Bertz CT molecular complexity index is 341. The molecule has 0 unspecified atom stereocenters. The van der Waals surface area contributed by atoms with E-state index in [2.05, 4.69) is 21.2 Å². The lowest BCUT2D eigenvalue weighted by atomic mass is 10.3. The first-order valence-corrected chi connectivity index (χ1v) is 6.24. The minimum absolute atomic E-state index is 0.691. The van der Waals surface area contributed by atoms with Crippen molar-refractivity contribution in [1.82, 2.24) is 5.32 Å². The van der Waals surface area contributed by atoms with Gasteiger partial charge >= 0.3 is 0 Å². The summed E-state index contributed by atoms with van der Waals surface area (Å²) in [4.78, 5) is 0. The summed E-state index contributed by atoms with van der Waals surface area (Å²) in [7, 11) is 0. The first-order valence-electron chi connectivity index (χ1n) is 5.07. The smallest absolute Gasteiger partial charge is 0.133 e. The van der Waals surface area contributed by atoms with Crippen molar-refractivity contribution in [3.8, 4) is 5.75 Å². The number of halogens is 2. The van der Waals surface area contributed by atoms with Gasteiger partial charge in [-0.25, -0.2) is 0 Å². The standard InChI is InChI=1S/C11H13BrClNO/c12-10-7-8(13)1-4-11(10)15-6-5-14-9-2-3-9/h1,4,7,9,14H,2-3,5-6H2. The molecule has 15 heavy (non-hydrogen) atoms. The topological polar surface area (TPSA) is 21.3 Å². The maximum absolute atomic E-state index is 5.83. The molecule has 1 aromatic carbocycles. The molecule has 4 heteroatoms. The quantitative estimate of drug-likeness (QED) is 0.841. The van der Waals surface area contributed by atoms with Gasteiger partial charge in [-0.1, -0.05) is 11.6 Å². The van der Waals surface area contributed by atoms with Crippen LogP contribution in [-0.2, 0) is 0 Å². The molecule has 0 aliphatic heterocycles. The van der Waals surface area contributed by atoms with Crippen molar-refractivity contribution >= 4 is 27.5 Å². The van der Waals surface area contributed by atoms with Crippen molar-refractivity contribution < 1.29 is 4.74 Å². The Morgan fingerprint density at radius 2 is 2.27 bits per heavy atom. The normalized spacial score (nSPS) is 15.3. The van der Waals surface area contributed by atoms with Crippen molar-refractivity contribution in [3.05, 3.63) is 27.7 Å². The summed E-state index contributed by atoms with van der Waals surface area (Å²) in [6.07, 6.45) is 2.62. The summed E-state index contributed by atoms with van der Waals surface area (Å²) in [5, 5.41) is 4.10. The number of ether oxygens (including phenoxy) is 1. The van der Waals surface area contributed by atoms with Gasteiger partial charge in [0, 0.05) is 17.6 Å². The van der Waals surface area contributed by atoms with Crippen molar-refractivity contribution in [3.63, 3.8) is 0 Å². The van der Waals surface area contributed by atoms with E-state index in [1.165, 1.54) is 12.8 Å². The van der Waals surface area contributed by atoms with Gasteiger partial charge in [0.15, 0.2) is 0 Å². The molecule has 2 nitrogen and oxygen atoms in total. The van der Waals surface area contributed by atoms with E-state index in [1.807, 2.05) is 18.2 Å². The zero-order chi connectivity index (χ0) is 10.7. The average Bonchev–Trinajstić information content (AvgIpc) is 2.99. The molecular formula is C11H13BrClNO. The summed E-state index contributed by atoms with van der Waals surface area (Å²) >= 11 is 9.24. The van der Waals surface area contributed by atoms with E-state index >= 15 is 0 Å². The van der Waals surface area contributed by atoms with E-state index < -0.39 is 0 Å². The molecular weight excluding hydrogens is 277 g/mol. The lowest BCUT2D eigenvalue weighted by Crippen LogP contribution is -2.22. The molecule has 1 aromatic rings. The summed E-state index contributed by atoms with van der Waals surface area (Å²) in [6.45, 7) is 1.59. The zero-order valence-electron chi connectivity index (χ0n) is 8.30. The van der Waals surface area contributed by atoms with Crippen molar-refractivity contribution in [2.75, 3.05) is 13.2 Å². The van der Waals surface area contributed by atoms with E-state index in [4.69, 9.17) is 16.3 Å². The average molecular weight is 291 g/mol. The van der Waals surface area contributed by atoms with Gasteiger partial charge in [-0.05, 0) is 47.0 Å². The zero-order valence-corrected chi connectivity index (χ0v) is 10.6. The maximum Gasteiger partial charge on any atom is 0.133 e. The minimum atomic E-state index is 0.691. The first kappa shape index (κ1) is 11.2. The van der Waals surface area contributed by atoms with E-state index in [0.29, 0.717) is 11.6 Å². The second-order valence-corrected chi connectivity index (χ2v) is 4.94. The molecule has 0 saturated heterocycles. The van der Waals surface area contributed by atoms with E-state index in [9.17, 15) is 0 Å². The van der Waals surface area contributed by atoms with Crippen LogP contribution in [0.2, 0.25) is 5.02 Å². The van der Waals surface area contributed by atoms with Gasteiger partial charge in [-0.2, -0.15) is 0 Å². The van der Waals surface area contributed by atoms with Crippen LogP contribution in [0.5, 0.6) is 5.75 Å². The third kappa shape index (κ3) is 3.67. The predicted molar refractivity (Wildman–Crippen MR) is 65.7 cm³/mol. The second kappa shape index (κ2) is 5.19. The van der Waals surface area contributed by atoms with Crippen LogP contribution in [0, 0.1) is 0 Å². The molecule has 2 rings (SSSR count). The highest BCUT2D eigenvalue weighted by molar-refractivity contribution is 9.10. The molecule has 0 aromatic heterocycles. The van der Waals surface area contributed by atoms with Crippen LogP contribution in [-0.4, -0.2) is 19.2 Å². The van der Waals surface area contributed by atoms with Gasteiger partial charge in [0.1, 0.15) is 12.4 Å². The van der Waals surface area contributed by atoms with Crippen LogP contribution >= 0.6 is 27.5 Å². The predicted octanol–water partition coefficient (Wildman–Crippen LogP) is 3.23. The fraction of sp³-hybridized carbons (Fsp3) is 0.455. The van der Waals surface area contributed by atoms with Crippen LogP contribution in [0.25, 0.3) is 0 Å². The maximum atomic E-state index is 5.83. The molecule has 1 saturated carbocycles. The summed E-state index contributed by atoms with van der Waals surface area (Å²) in [6, 6.07) is 6.28. The molecule has 0 atom stereocenters. The van der Waals surface area contributed by atoms with Gasteiger partial charge in [0.2, 0.25) is 0 Å². The van der Waals surface area contributed by atoms with Gasteiger partial charge < -0.3 is 10.1 Å². The number of rotatable bonds is 5. The number of nitrogens with one attached hydrogen (secondary N) is 1. The molecule has 0 bridgehead atoms. The molecule has 0 spiro atoms. The highest BCUT2D eigenvalue weighted by atomic mass is 79.9. The Morgan fingerprint density at radius 3 is 2.93 bits per heavy atom. The Kier molecular flexibility index (Phi) is 3.89. The monoisotopic (exact) mass is 289 g/mol. The lowest BCUT2D eigenvalue weighted by molar-refractivity contribution is 0.311. The Morgan fingerprint density at radius 1 is 1.47 bits per heavy atom. The molecule has 1 aliphatic carbocycles. The van der Waals surface area contributed by atoms with E-state index in [0.717, 1.165) is 22.8 Å². The fourth-order valence-electron chi connectivity index (χ4n) is 1.30. The second-order valence-electron chi connectivity index (χ2n) is 3.65. The third-order valence-electron chi connectivity index (χ3n) is 2.26. The Hall–Kier alpha value is -0.250. The SMILES string of the molecule is Clc1ccc(OCCNC2CC2)c(Br)c1. The molecule has 82 valence electrons. The third-order valence-corrected chi connectivity index (χ3v) is 3.12. The largest absolute Gasteiger partial charge is 0.491 e. The van der Waals surface area contributed by atoms with Crippen LogP contribution in [0.1, 0.15) is 12.8 Å². The van der Waals surface area contributed by atoms with E-state index in [1.54, 1.807) is 0 Å². The van der Waals surface area contributed by atoms with Crippen LogP contribution < -0.4 is 10.1 Å². The molecule has 1 fully saturated rings. The van der Waals surface area contributed by atoms with Crippen molar-refractivity contribution in [1.29, 1.82) is 0 Å². The highest BCUT2D eigenvalue weighted by Crippen LogP contribution is 2.27. The molecule has 0 radical (unpaired) electrons. The fourth-order valence-corrected chi connectivity index (χ4v) is 2.10.